The Labute approximate surface area is 200 Å². The largest absolute Gasteiger partial charge is 0.372 e. The lowest BCUT2D eigenvalue weighted by molar-refractivity contribution is -0.113. The summed E-state index contributed by atoms with van der Waals surface area (Å²) >= 11 is 1.43. The van der Waals surface area contributed by atoms with Gasteiger partial charge in [-0.25, -0.2) is 4.99 Å². The van der Waals surface area contributed by atoms with Crippen LogP contribution >= 0.6 is 11.8 Å². The second-order valence-electron chi connectivity index (χ2n) is 7.98. The molecule has 0 radical (unpaired) electrons. The molecule has 4 rings (SSSR count). The van der Waals surface area contributed by atoms with E-state index < -0.39 is 0 Å². The Bertz CT molecular complexity index is 1210. The summed E-state index contributed by atoms with van der Waals surface area (Å²) in [5, 5.41) is 0.676. The van der Waals surface area contributed by atoms with Crippen molar-refractivity contribution in [2.24, 2.45) is 4.99 Å². The fraction of sp³-hybridized carbons (Fsp3) is 0.214. The molecule has 0 N–H and O–H groups in total. The third-order valence-corrected chi connectivity index (χ3v) is 6.78. The quantitative estimate of drug-likeness (QED) is 0.377. The van der Waals surface area contributed by atoms with E-state index >= 15 is 0 Å². The molecule has 3 aromatic carbocycles. The van der Waals surface area contributed by atoms with Crippen LogP contribution in [0, 0.1) is 13.8 Å². The summed E-state index contributed by atoms with van der Waals surface area (Å²) < 4.78 is 0. The van der Waals surface area contributed by atoms with E-state index in [4.69, 9.17) is 4.99 Å². The second-order valence-corrected chi connectivity index (χ2v) is 8.99. The number of thioether (sulfide) groups is 1. The van der Waals surface area contributed by atoms with Crippen molar-refractivity contribution in [1.82, 2.24) is 0 Å². The highest BCUT2D eigenvalue weighted by molar-refractivity contribution is 8.19. The van der Waals surface area contributed by atoms with Crippen molar-refractivity contribution in [3.63, 3.8) is 0 Å². The summed E-state index contributed by atoms with van der Waals surface area (Å²) in [6.07, 6.45) is 1.96. The number of hydrogen-bond donors (Lipinski definition) is 0. The van der Waals surface area contributed by atoms with Crippen LogP contribution in [-0.4, -0.2) is 24.2 Å². The number of para-hydroxylation sites is 2. The summed E-state index contributed by atoms with van der Waals surface area (Å²) in [4.78, 5) is 23.2. The molecule has 0 bridgehead atoms. The fourth-order valence-electron chi connectivity index (χ4n) is 3.89. The summed E-state index contributed by atoms with van der Waals surface area (Å²) in [6.45, 7) is 10.3. The molecular formula is C28H29N3OS. The maximum absolute atomic E-state index is 13.6. The molecule has 4 nitrogen and oxygen atoms in total. The lowest BCUT2D eigenvalue weighted by Crippen LogP contribution is -2.29. The zero-order chi connectivity index (χ0) is 23.4. The number of hydrogen-bond acceptors (Lipinski definition) is 4. The molecule has 1 amide bonds. The molecule has 5 heteroatoms. The number of benzene rings is 3. The summed E-state index contributed by atoms with van der Waals surface area (Å²) in [5.41, 5.74) is 6.04. The Morgan fingerprint density at radius 2 is 1.52 bits per heavy atom. The normalized spacial score (nSPS) is 16.1. The van der Waals surface area contributed by atoms with Crippen LogP contribution in [0.5, 0.6) is 0 Å². The first-order chi connectivity index (χ1) is 16.0. The zero-order valence-corrected chi connectivity index (χ0v) is 20.4. The third kappa shape index (κ3) is 4.88. The van der Waals surface area contributed by atoms with Crippen LogP contribution in [0.2, 0.25) is 0 Å². The first kappa shape index (κ1) is 22.9. The van der Waals surface area contributed by atoms with Gasteiger partial charge in [0.1, 0.15) is 0 Å². The van der Waals surface area contributed by atoms with Crippen molar-refractivity contribution in [1.29, 1.82) is 0 Å². The van der Waals surface area contributed by atoms with E-state index in [9.17, 15) is 4.79 Å². The fourth-order valence-corrected chi connectivity index (χ4v) is 4.88. The summed E-state index contributed by atoms with van der Waals surface area (Å²) in [5.74, 6) is -0.0468. The lowest BCUT2D eigenvalue weighted by atomic mass is 10.1. The predicted molar refractivity (Wildman–Crippen MR) is 143 cm³/mol. The molecule has 1 aliphatic heterocycles. The van der Waals surface area contributed by atoms with Gasteiger partial charge in [-0.2, -0.15) is 0 Å². The minimum absolute atomic E-state index is 0.0468. The Morgan fingerprint density at radius 3 is 2.15 bits per heavy atom. The molecule has 0 spiro atoms. The number of carbonyl (C=O) groups is 1. The van der Waals surface area contributed by atoms with Crippen molar-refractivity contribution in [3.8, 4) is 0 Å². The maximum atomic E-state index is 13.6. The number of rotatable bonds is 6. The van der Waals surface area contributed by atoms with Crippen LogP contribution < -0.4 is 9.80 Å². The highest BCUT2D eigenvalue weighted by atomic mass is 32.2. The molecular weight excluding hydrogens is 426 g/mol. The van der Waals surface area contributed by atoms with Gasteiger partial charge in [0, 0.05) is 18.8 Å². The van der Waals surface area contributed by atoms with Crippen molar-refractivity contribution < 1.29 is 4.79 Å². The summed E-state index contributed by atoms with van der Waals surface area (Å²) in [6, 6.07) is 24.3. The molecule has 1 saturated heterocycles. The van der Waals surface area contributed by atoms with Crippen molar-refractivity contribution in [2.45, 2.75) is 27.7 Å². The van der Waals surface area contributed by atoms with Crippen molar-refractivity contribution in [2.75, 3.05) is 22.9 Å². The van der Waals surface area contributed by atoms with E-state index in [1.165, 1.54) is 17.4 Å². The first-order valence-corrected chi connectivity index (χ1v) is 12.1. The van der Waals surface area contributed by atoms with Crippen molar-refractivity contribution in [3.05, 3.63) is 94.4 Å². The number of amides is 1. The van der Waals surface area contributed by atoms with E-state index in [1.54, 1.807) is 4.90 Å². The number of anilines is 2. The molecule has 168 valence electrons. The molecule has 33 heavy (non-hydrogen) atoms. The highest BCUT2D eigenvalue weighted by Gasteiger charge is 2.35. The van der Waals surface area contributed by atoms with Gasteiger partial charge in [0.05, 0.1) is 16.3 Å². The topological polar surface area (TPSA) is 35.9 Å². The van der Waals surface area contributed by atoms with Crippen LogP contribution in [-0.2, 0) is 4.79 Å². The van der Waals surface area contributed by atoms with E-state index in [0.29, 0.717) is 10.1 Å². The SMILES string of the molecule is CCN(CC)c1ccc(C=C2SC(=Nc3ccccc3C)N(c3ccccc3C)C2=O)cc1. The predicted octanol–water partition coefficient (Wildman–Crippen LogP) is 6.96. The number of aliphatic imine (C=N–C) groups is 1. The van der Waals surface area contributed by atoms with Gasteiger partial charge in [0.15, 0.2) is 5.17 Å². The summed E-state index contributed by atoms with van der Waals surface area (Å²) in [7, 11) is 0. The van der Waals surface area contributed by atoms with Gasteiger partial charge < -0.3 is 4.90 Å². The maximum Gasteiger partial charge on any atom is 0.271 e. The molecule has 1 heterocycles. The van der Waals surface area contributed by atoms with Crippen LogP contribution in [0.1, 0.15) is 30.5 Å². The van der Waals surface area contributed by atoms with Crippen LogP contribution in [0.15, 0.2) is 82.7 Å². The molecule has 0 aromatic heterocycles. The van der Waals surface area contributed by atoms with Crippen LogP contribution in [0.3, 0.4) is 0 Å². The molecule has 0 unspecified atom stereocenters. The van der Waals surface area contributed by atoms with E-state index in [0.717, 1.165) is 41.2 Å². The number of carbonyl (C=O) groups excluding carboxylic acids is 1. The monoisotopic (exact) mass is 455 g/mol. The second kappa shape index (κ2) is 10.1. The van der Waals surface area contributed by atoms with Gasteiger partial charge in [-0.05, 0) is 86.5 Å². The van der Waals surface area contributed by atoms with E-state index in [-0.39, 0.29) is 5.91 Å². The molecule has 3 aromatic rings. The molecule has 1 fully saturated rings. The van der Waals surface area contributed by atoms with Gasteiger partial charge >= 0.3 is 0 Å². The van der Waals surface area contributed by atoms with Gasteiger partial charge in [0.25, 0.3) is 5.91 Å². The van der Waals surface area contributed by atoms with Gasteiger partial charge in [-0.1, -0.05) is 48.5 Å². The van der Waals surface area contributed by atoms with Crippen LogP contribution in [0.4, 0.5) is 17.1 Å². The number of nitrogens with zero attached hydrogens (tertiary/aromatic N) is 3. The number of aryl methyl sites for hydroxylation is 2. The first-order valence-electron chi connectivity index (χ1n) is 11.3. The van der Waals surface area contributed by atoms with Crippen molar-refractivity contribution >= 4 is 46.0 Å². The van der Waals surface area contributed by atoms with E-state index in [2.05, 4.69) is 43.0 Å². The third-order valence-electron chi connectivity index (χ3n) is 5.81. The molecule has 0 atom stereocenters. The molecule has 0 saturated carbocycles. The minimum Gasteiger partial charge on any atom is -0.372 e. The lowest BCUT2D eigenvalue weighted by Gasteiger charge is -2.20. The average molecular weight is 456 g/mol. The highest BCUT2D eigenvalue weighted by Crippen LogP contribution is 2.38. The zero-order valence-electron chi connectivity index (χ0n) is 19.6. The Hall–Kier alpha value is -3.31. The minimum atomic E-state index is -0.0468. The average Bonchev–Trinajstić information content (AvgIpc) is 3.12. The Balaban J connectivity index is 1.73. The van der Waals surface area contributed by atoms with Gasteiger partial charge in [0.2, 0.25) is 0 Å². The van der Waals surface area contributed by atoms with Crippen LogP contribution in [0.25, 0.3) is 6.08 Å². The van der Waals surface area contributed by atoms with Gasteiger partial charge in [-0.15, -0.1) is 0 Å². The number of amidine groups is 1. The standard InChI is InChI=1S/C28H29N3OS/c1-5-30(6-2)23-17-15-22(16-18-23)19-26-27(32)31(25-14-10-8-12-21(25)4)28(33-26)29-24-13-9-7-11-20(24)3/h7-19H,5-6H2,1-4H3. The molecule has 1 aliphatic rings. The molecule has 0 aliphatic carbocycles. The van der Waals surface area contributed by atoms with Gasteiger partial charge in [-0.3, -0.25) is 9.69 Å². The Kier molecular flexibility index (Phi) is 6.99. The smallest absolute Gasteiger partial charge is 0.271 e. The Morgan fingerprint density at radius 1 is 0.879 bits per heavy atom. The van der Waals surface area contributed by atoms with E-state index in [1.807, 2.05) is 68.5 Å².